The molecule has 2 aliphatic rings. The predicted molar refractivity (Wildman–Crippen MR) is 124 cm³/mol. The number of benzene rings is 1. The number of carbonyl (C=O) groups excluding carboxylic acids is 2. The first-order chi connectivity index (χ1) is 15.5. The zero-order valence-electron chi connectivity index (χ0n) is 18.9. The monoisotopic (exact) mass is 433 g/mol. The molecule has 1 saturated carbocycles. The molecule has 2 aromatic heterocycles. The van der Waals surface area contributed by atoms with Gasteiger partial charge in [-0.2, -0.15) is 5.10 Å². The van der Waals surface area contributed by atoms with Gasteiger partial charge in [-0.1, -0.05) is 44.9 Å². The van der Waals surface area contributed by atoms with Gasteiger partial charge in [-0.25, -0.2) is 0 Å². The van der Waals surface area contributed by atoms with E-state index in [1.54, 1.807) is 6.20 Å². The Morgan fingerprint density at radius 1 is 1.22 bits per heavy atom. The van der Waals surface area contributed by atoms with Crippen molar-refractivity contribution in [1.82, 2.24) is 25.0 Å². The number of amides is 2. The summed E-state index contributed by atoms with van der Waals surface area (Å²) >= 11 is 0. The van der Waals surface area contributed by atoms with Crippen LogP contribution in [-0.4, -0.2) is 44.1 Å². The quantitative estimate of drug-likeness (QED) is 0.640. The summed E-state index contributed by atoms with van der Waals surface area (Å²) in [5.41, 5.74) is 4.12. The van der Waals surface area contributed by atoms with Crippen LogP contribution >= 0.6 is 0 Å². The number of aromatic amines is 1. The number of rotatable bonds is 5. The first kappa shape index (κ1) is 20.8. The van der Waals surface area contributed by atoms with Crippen molar-refractivity contribution < 1.29 is 9.59 Å². The fraction of sp³-hybridized carbons (Fsp3) is 0.480. The molecule has 1 aliphatic carbocycles. The molecule has 0 atom stereocenters. The van der Waals surface area contributed by atoms with Crippen molar-refractivity contribution in [1.29, 1.82) is 0 Å². The van der Waals surface area contributed by atoms with E-state index in [9.17, 15) is 9.59 Å². The molecule has 5 rings (SSSR count). The minimum absolute atomic E-state index is 0.00754. The van der Waals surface area contributed by atoms with Gasteiger partial charge in [-0.05, 0) is 24.8 Å². The number of hydrogen-bond acceptors (Lipinski definition) is 3. The Labute approximate surface area is 188 Å². The molecule has 0 bridgehead atoms. The number of H-pyrrole nitrogens is 1. The van der Waals surface area contributed by atoms with Crippen LogP contribution in [0.2, 0.25) is 0 Å². The van der Waals surface area contributed by atoms with Gasteiger partial charge in [-0.15, -0.1) is 0 Å². The van der Waals surface area contributed by atoms with Crippen LogP contribution in [0.25, 0.3) is 10.9 Å². The van der Waals surface area contributed by atoms with Crippen LogP contribution in [0.5, 0.6) is 0 Å². The second-order valence-electron chi connectivity index (χ2n) is 9.53. The summed E-state index contributed by atoms with van der Waals surface area (Å²) in [6, 6.07) is 8.08. The lowest BCUT2D eigenvalue weighted by Crippen LogP contribution is -2.38. The Bertz CT molecular complexity index is 1150. The smallest absolute Gasteiger partial charge is 0.272 e. The predicted octanol–water partition coefficient (Wildman–Crippen LogP) is 3.89. The first-order valence-electron chi connectivity index (χ1n) is 11.8. The molecule has 1 fully saturated rings. The topological polar surface area (TPSA) is 83.0 Å². The van der Waals surface area contributed by atoms with Gasteiger partial charge in [0.15, 0.2) is 5.69 Å². The van der Waals surface area contributed by atoms with Crippen LogP contribution in [0.15, 0.2) is 30.5 Å². The van der Waals surface area contributed by atoms with E-state index in [-0.39, 0.29) is 17.9 Å². The van der Waals surface area contributed by atoms with Crippen LogP contribution in [0.3, 0.4) is 0 Å². The molecule has 0 radical (unpaired) electrons. The Hall–Kier alpha value is -3.09. The van der Waals surface area contributed by atoms with Crippen molar-refractivity contribution in [2.24, 2.45) is 5.92 Å². The lowest BCUT2D eigenvalue weighted by molar-refractivity contribution is 0.0732. The highest BCUT2D eigenvalue weighted by Gasteiger charge is 2.32. The average molecular weight is 434 g/mol. The summed E-state index contributed by atoms with van der Waals surface area (Å²) in [6.07, 6.45) is 6.89. The molecule has 32 heavy (non-hydrogen) atoms. The molecule has 0 unspecified atom stereocenters. The fourth-order valence-corrected chi connectivity index (χ4v) is 5.09. The number of carbonyl (C=O) groups is 2. The van der Waals surface area contributed by atoms with Crippen LogP contribution in [-0.2, 0) is 19.5 Å². The first-order valence-corrected chi connectivity index (χ1v) is 11.8. The summed E-state index contributed by atoms with van der Waals surface area (Å²) in [5.74, 6) is 0.319. The number of nitrogens with zero attached hydrogens (tertiary/aromatic N) is 3. The molecule has 7 heteroatoms. The second-order valence-corrected chi connectivity index (χ2v) is 9.53. The lowest BCUT2D eigenvalue weighted by atomic mass is 10.0. The fourth-order valence-electron chi connectivity index (χ4n) is 5.09. The summed E-state index contributed by atoms with van der Waals surface area (Å²) in [6.45, 7) is 6.12. The van der Waals surface area contributed by atoms with E-state index in [2.05, 4.69) is 24.1 Å². The van der Waals surface area contributed by atoms with E-state index in [4.69, 9.17) is 5.10 Å². The van der Waals surface area contributed by atoms with Crippen molar-refractivity contribution in [3.05, 3.63) is 53.0 Å². The van der Waals surface area contributed by atoms with Gasteiger partial charge in [-0.3, -0.25) is 14.3 Å². The Morgan fingerprint density at radius 2 is 2.00 bits per heavy atom. The number of para-hydroxylation sites is 1. The van der Waals surface area contributed by atoms with Gasteiger partial charge in [0.05, 0.1) is 12.1 Å². The van der Waals surface area contributed by atoms with Gasteiger partial charge in [0.1, 0.15) is 0 Å². The Balaban J connectivity index is 1.44. The van der Waals surface area contributed by atoms with Gasteiger partial charge in [0.25, 0.3) is 11.8 Å². The van der Waals surface area contributed by atoms with Crippen LogP contribution in [0.1, 0.15) is 71.6 Å². The zero-order chi connectivity index (χ0) is 22.2. The van der Waals surface area contributed by atoms with Crippen LogP contribution in [0, 0.1) is 5.92 Å². The SMILES string of the molecule is CC(C)Cn1nc(C(=O)NC2CCCC2)c2c1CCN(C(=O)c1c[nH]c3ccccc13)C2. The third kappa shape index (κ3) is 3.80. The molecule has 1 aromatic carbocycles. The average Bonchev–Trinajstić information content (AvgIpc) is 3.51. The van der Waals surface area contributed by atoms with Crippen molar-refractivity contribution in [2.45, 2.75) is 65.1 Å². The standard InChI is InChI=1S/C25H31N5O2/c1-16(2)14-30-22-11-12-29(25(32)19-13-26-21-10-6-5-9-18(19)21)15-20(22)23(28-30)24(31)27-17-7-3-4-8-17/h5-6,9-10,13,16-17,26H,3-4,7-8,11-12,14-15H2,1-2H3,(H,27,31). The lowest BCUT2D eigenvalue weighted by Gasteiger charge is -2.28. The molecular weight excluding hydrogens is 402 g/mol. The molecule has 168 valence electrons. The molecule has 2 amide bonds. The minimum atomic E-state index is -0.1000. The van der Waals surface area contributed by atoms with Crippen LogP contribution < -0.4 is 5.32 Å². The molecule has 0 spiro atoms. The van der Waals surface area contributed by atoms with E-state index >= 15 is 0 Å². The van der Waals surface area contributed by atoms with E-state index in [0.717, 1.165) is 54.4 Å². The minimum Gasteiger partial charge on any atom is -0.360 e. The summed E-state index contributed by atoms with van der Waals surface area (Å²) in [7, 11) is 0. The Kier molecular flexibility index (Phi) is 5.49. The van der Waals surface area contributed by atoms with E-state index < -0.39 is 0 Å². The third-order valence-electron chi connectivity index (χ3n) is 6.68. The van der Waals surface area contributed by atoms with Gasteiger partial charge >= 0.3 is 0 Å². The summed E-state index contributed by atoms with van der Waals surface area (Å²) in [5, 5.41) is 8.85. The van der Waals surface area contributed by atoms with Gasteiger partial charge in [0, 0.05) is 53.9 Å². The summed E-state index contributed by atoms with van der Waals surface area (Å²) in [4.78, 5) is 31.6. The highest BCUT2D eigenvalue weighted by atomic mass is 16.2. The second kappa shape index (κ2) is 8.45. The van der Waals surface area contributed by atoms with Crippen molar-refractivity contribution in [3.8, 4) is 0 Å². The van der Waals surface area contributed by atoms with Crippen molar-refractivity contribution >= 4 is 22.7 Å². The van der Waals surface area contributed by atoms with Crippen molar-refractivity contribution in [2.75, 3.05) is 6.54 Å². The molecule has 1 aliphatic heterocycles. The Morgan fingerprint density at radius 3 is 2.78 bits per heavy atom. The van der Waals surface area contributed by atoms with E-state index in [0.29, 0.717) is 36.7 Å². The molecule has 3 aromatic rings. The normalized spacial score (nSPS) is 16.7. The molecule has 7 nitrogen and oxygen atoms in total. The third-order valence-corrected chi connectivity index (χ3v) is 6.68. The van der Waals surface area contributed by atoms with Gasteiger partial charge < -0.3 is 15.2 Å². The largest absolute Gasteiger partial charge is 0.360 e. The zero-order valence-corrected chi connectivity index (χ0v) is 18.9. The maximum atomic E-state index is 13.4. The molecular formula is C25H31N5O2. The molecule has 2 N–H and O–H groups in total. The van der Waals surface area contributed by atoms with Crippen molar-refractivity contribution in [3.63, 3.8) is 0 Å². The number of fused-ring (bicyclic) bond motifs is 2. The molecule has 3 heterocycles. The maximum Gasteiger partial charge on any atom is 0.272 e. The van der Waals surface area contributed by atoms with E-state index in [1.165, 1.54) is 0 Å². The molecule has 0 saturated heterocycles. The number of nitrogens with one attached hydrogen (secondary N) is 2. The highest BCUT2D eigenvalue weighted by molar-refractivity contribution is 6.06. The maximum absolute atomic E-state index is 13.4. The highest BCUT2D eigenvalue weighted by Crippen LogP contribution is 2.27. The van der Waals surface area contributed by atoms with Gasteiger partial charge in [0.2, 0.25) is 0 Å². The number of aromatic nitrogens is 3. The number of hydrogen-bond donors (Lipinski definition) is 2. The summed E-state index contributed by atoms with van der Waals surface area (Å²) < 4.78 is 2.00. The van der Waals surface area contributed by atoms with Crippen LogP contribution in [0.4, 0.5) is 0 Å². The van der Waals surface area contributed by atoms with E-state index in [1.807, 2.05) is 33.8 Å².